The van der Waals surface area contributed by atoms with Crippen molar-refractivity contribution < 1.29 is 9.90 Å². The summed E-state index contributed by atoms with van der Waals surface area (Å²) in [5, 5.41) is 9.40. The highest BCUT2D eigenvalue weighted by Crippen LogP contribution is 2.39. The lowest BCUT2D eigenvalue weighted by Crippen LogP contribution is -2.11. The highest BCUT2D eigenvalue weighted by Gasteiger charge is 2.26. The van der Waals surface area contributed by atoms with E-state index in [0.717, 1.165) is 5.56 Å². The maximum atomic E-state index is 11.3. The second-order valence-corrected chi connectivity index (χ2v) is 5.58. The topological polar surface area (TPSA) is 37.3 Å². The molecule has 1 fully saturated rings. The Morgan fingerprint density at radius 2 is 1.88 bits per heavy atom. The van der Waals surface area contributed by atoms with Gasteiger partial charge in [0.15, 0.2) is 0 Å². The smallest absolute Gasteiger partial charge is 0.321 e. The molecular weight excluding hydrogens is 220 g/mol. The average molecular weight is 236 g/mol. The number of rotatable bonds is 4. The Bertz CT molecular complexity index is 344. The van der Waals surface area contributed by atoms with Crippen LogP contribution >= 0.6 is 11.8 Å². The molecule has 1 N–H and O–H groups in total. The predicted molar refractivity (Wildman–Crippen MR) is 66.7 cm³/mol. The van der Waals surface area contributed by atoms with Crippen LogP contribution in [0.2, 0.25) is 0 Å². The van der Waals surface area contributed by atoms with Gasteiger partial charge in [-0.2, -0.15) is 0 Å². The van der Waals surface area contributed by atoms with Crippen molar-refractivity contribution >= 4 is 17.7 Å². The van der Waals surface area contributed by atoms with Crippen LogP contribution in [0.4, 0.5) is 0 Å². The second-order valence-electron chi connectivity index (χ2n) is 4.17. The number of hydrogen-bond acceptors (Lipinski definition) is 2. The van der Waals surface area contributed by atoms with Crippen molar-refractivity contribution in [1.82, 2.24) is 0 Å². The zero-order valence-electron chi connectivity index (χ0n) is 9.13. The summed E-state index contributed by atoms with van der Waals surface area (Å²) >= 11 is 1.61. The molecule has 2 rings (SSSR count). The van der Waals surface area contributed by atoms with Gasteiger partial charge < -0.3 is 5.11 Å². The molecule has 0 radical (unpaired) electrons. The van der Waals surface area contributed by atoms with E-state index in [2.05, 4.69) is 0 Å². The van der Waals surface area contributed by atoms with Gasteiger partial charge in [0.2, 0.25) is 0 Å². The van der Waals surface area contributed by atoms with Crippen molar-refractivity contribution in [2.75, 3.05) is 0 Å². The molecule has 1 aliphatic carbocycles. The number of carbonyl (C=O) groups is 1. The maximum Gasteiger partial charge on any atom is 0.321 e. The van der Waals surface area contributed by atoms with E-state index in [0.29, 0.717) is 5.25 Å². The van der Waals surface area contributed by atoms with Crippen molar-refractivity contribution in [3.8, 4) is 0 Å². The number of carboxylic acid groups (broad SMARTS) is 1. The first kappa shape index (κ1) is 11.5. The molecule has 0 spiro atoms. The van der Waals surface area contributed by atoms with Crippen molar-refractivity contribution in [3.05, 3.63) is 35.9 Å². The second kappa shape index (κ2) is 5.39. The Balaban J connectivity index is 2.08. The van der Waals surface area contributed by atoms with Gasteiger partial charge in [0, 0.05) is 5.25 Å². The van der Waals surface area contributed by atoms with E-state index in [1.807, 2.05) is 30.3 Å². The first-order valence-electron chi connectivity index (χ1n) is 5.70. The summed E-state index contributed by atoms with van der Waals surface area (Å²) in [5.41, 5.74) is 0.909. The summed E-state index contributed by atoms with van der Waals surface area (Å²) in [7, 11) is 0. The molecule has 0 amide bonds. The standard InChI is InChI=1S/C13H16O2S/c14-13(15)12(10-6-2-1-3-7-10)16-11-8-4-5-9-11/h1-3,6-7,11-12H,4-5,8-9H2,(H,14,15)/t12-/m1/s1. The molecule has 1 aliphatic rings. The van der Waals surface area contributed by atoms with Gasteiger partial charge in [-0.15, -0.1) is 11.8 Å². The molecule has 0 bridgehead atoms. The van der Waals surface area contributed by atoms with Crippen LogP contribution in [-0.2, 0) is 4.79 Å². The van der Waals surface area contributed by atoms with E-state index >= 15 is 0 Å². The van der Waals surface area contributed by atoms with Gasteiger partial charge in [0.05, 0.1) is 0 Å². The zero-order valence-corrected chi connectivity index (χ0v) is 9.95. The van der Waals surface area contributed by atoms with Crippen LogP contribution < -0.4 is 0 Å². The Hall–Kier alpha value is -0.960. The maximum absolute atomic E-state index is 11.3. The van der Waals surface area contributed by atoms with Gasteiger partial charge in [-0.3, -0.25) is 4.79 Å². The summed E-state index contributed by atoms with van der Waals surface area (Å²) in [4.78, 5) is 11.3. The van der Waals surface area contributed by atoms with Crippen molar-refractivity contribution in [3.63, 3.8) is 0 Å². The van der Waals surface area contributed by atoms with Crippen molar-refractivity contribution in [1.29, 1.82) is 0 Å². The fourth-order valence-electron chi connectivity index (χ4n) is 2.12. The van der Waals surface area contributed by atoms with Crippen LogP contribution in [0, 0.1) is 0 Å². The average Bonchev–Trinajstić information content (AvgIpc) is 2.79. The Labute approximate surface area is 100 Å². The fourth-order valence-corrected chi connectivity index (χ4v) is 3.55. The van der Waals surface area contributed by atoms with E-state index in [1.165, 1.54) is 25.7 Å². The first-order valence-corrected chi connectivity index (χ1v) is 6.65. The molecule has 0 aliphatic heterocycles. The minimum absolute atomic E-state index is 0.399. The number of thioether (sulfide) groups is 1. The molecule has 0 saturated heterocycles. The fraction of sp³-hybridized carbons (Fsp3) is 0.462. The molecule has 1 aromatic carbocycles. The lowest BCUT2D eigenvalue weighted by molar-refractivity contribution is -0.136. The van der Waals surface area contributed by atoms with E-state index in [4.69, 9.17) is 0 Å². The largest absolute Gasteiger partial charge is 0.480 e. The number of aliphatic carboxylic acids is 1. The van der Waals surface area contributed by atoms with Gasteiger partial charge in [0.25, 0.3) is 0 Å². The zero-order chi connectivity index (χ0) is 11.4. The lowest BCUT2D eigenvalue weighted by Gasteiger charge is -2.16. The number of hydrogen-bond donors (Lipinski definition) is 1. The van der Waals surface area contributed by atoms with Crippen LogP contribution in [0.25, 0.3) is 0 Å². The molecule has 86 valence electrons. The summed E-state index contributed by atoms with van der Waals surface area (Å²) in [6, 6.07) is 9.53. The number of benzene rings is 1. The molecule has 1 atom stereocenters. The number of carboxylic acids is 1. The first-order chi connectivity index (χ1) is 7.77. The van der Waals surface area contributed by atoms with Crippen LogP contribution in [-0.4, -0.2) is 16.3 Å². The third kappa shape index (κ3) is 2.79. The van der Waals surface area contributed by atoms with E-state index < -0.39 is 11.2 Å². The molecule has 1 aromatic rings. The molecule has 0 unspecified atom stereocenters. The van der Waals surface area contributed by atoms with Gasteiger partial charge in [-0.25, -0.2) is 0 Å². The molecular formula is C13H16O2S. The van der Waals surface area contributed by atoms with E-state index in [9.17, 15) is 9.90 Å². The molecule has 1 saturated carbocycles. The molecule has 0 aromatic heterocycles. The molecule has 0 heterocycles. The van der Waals surface area contributed by atoms with Crippen LogP contribution in [0.3, 0.4) is 0 Å². The molecule has 3 heteroatoms. The summed E-state index contributed by atoms with van der Waals surface area (Å²) in [5.74, 6) is -0.719. The Kier molecular flexibility index (Phi) is 3.88. The van der Waals surface area contributed by atoms with Crippen molar-refractivity contribution in [2.24, 2.45) is 0 Å². The van der Waals surface area contributed by atoms with Crippen LogP contribution in [0.15, 0.2) is 30.3 Å². The molecule has 2 nitrogen and oxygen atoms in total. The molecule has 16 heavy (non-hydrogen) atoms. The lowest BCUT2D eigenvalue weighted by atomic mass is 10.1. The van der Waals surface area contributed by atoms with E-state index in [1.54, 1.807) is 11.8 Å². The minimum Gasteiger partial charge on any atom is -0.480 e. The van der Waals surface area contributed by atoms with Crippen molar-refractivity contribution in [2.45, 2.75) is 36.2 Å². The highest BCUT2D eigenvalue weighted by atomic mass is 32.2. The normalized spacial score (nSPS) is 18.5. The quantitative estimate of drug-likeness (QED) is 0.869. The van der Waals surface area contributed by atoms with Gasteiger partial charge >= 0.3 is 5.97 Å². The summed E-state index contributed by atoms with van der Waals surface area (Å²) in [6.45, 7) is 0. The van der Waals surface area contributed by atoms with Crippen LogP contribution in [0.5, 0.6) is 0 Å². The SMILES string of the molecule is O=C(O)[C@H](SC1CCCC1)c1ccccc1. The van der Waals surface area contributed by atoms with Gasteiger partial charge in [-0.05, 0) is 18.4 Å². The third-order valence-corrected chi connectivity index (χ3v) is 4.56. The predicted octanol–water partition coefficient (Wildman–Crippen LogP) is 3.49. The van der Waals surface area contributed by atoms with Gasteiger partial charge in [-0.1, -0.05) is 43.2 Å². The van der Waals surface area contributed by atoms with E-state index in [-0.39, 0.29) is 0 Å². The Morgan fingerprint density at radius 3 is 2.44 bits per heavy atom. The monoisotopic (exact) mass is 236 g/mol. The minimum atomic E-state index is -0.719. The van der Waals surface area contributed by atoms with Gasteiger partial charge in [0.1, 0.15) is 5.25 Å². The Morgan fingerprint density at radius 1 is 1.25 bits per heavy atom. The summed E-state index contributed by atoms with van der Waals surface area (Å²) < 4.78 is 0. The third-order valence-electron chi connectivity index (χ3n) is 2.96. The summed E-state index contributed by atoms with van der Waals surface area (Å²) in [6.07, 6.45) is 4.83. The highest BCUT2D eigenvalue weighted by molar-refractivity contribution is 8.00. The van der Waals surface area contributed by atoms with Crippen LogP contribution in [0.1, 0.15) is 36.5 Å².